The lowest BCUT2D eigenvalue weighted by Gasteiger charge is -2.57. The lowest BCUT2D eigenvalue weighted by molar-refractivity contribution is -0.256. The van der Waals surface area contributed by atoms with Crippen LogP contribution < -0.4 is 0 Å². The highest BCUT2D eigenvalue weighted by Gasteiger charge is 2.78. The highest BCUT2D eigenvalue weighted by atomic mass is 16.6. The summed E-state index contributed by atoms with van der Waals surface area (Å²) in [5.74, 6) is -0.535. The summed E-state index contributed by atoms with van der Waals surface area (Å²) in [5.41, 5.74) is -1.55. The molecule has 0 aromatic heterocycles. The summed E-state index contributed by atoms with van der Waals surface area (Å²) >= 11 is 0. The van der Waals surface area contributed by atoms with E-state index in [4.69, 9.17) is 9.47 Å². The van der Waals surface area contributed by atoms with Gasteiger partial charge >= 0.3 is 0 Å². The van der Waals surface area contributed by atoms with Gasteiger partial charge in [0.05, 0.1) is 18.8 Å². The maximum absolute atomic E-state index is 14.2. The molecule has 1 aliphatic carbocycles. The molecule has 2 aliphatic heterocycles. The van der Waals surface area contributed by atoms with Crippen molar-refractivity contribution in [1.82, 2.24) is 0 Å². The molecule has 5 atom stereocenters. The normalized spacial score (nSPS) is 37.8. The third-order valence-electron chi connectivity index (χ3n) is 9.01. The minimum atomic E-state index is -1.04. The van der Waals surface area contributed by atoms with Crippen LogP contribution in [0.4, 0.5) is 0 Å². The van der Waals surface area contributed by atoms with Crippen molar-refractivity contribution in [2.45, 2.75) is 84.0 Å². The van der Waals surface area contributed by atoms with Crippen LogP contribution in [0.2, 0.25) is 0 Å². The van der Waals surface area contributed by atoms with Gasteiger partial charge < -0.3 is 14.6 Å². The number of carbonyl (C=O) groups excluding carboxylic acids is 2. The van der Waals surface area contributed by atoms with E-state index in [9.17, 15) is 14.7 Å². The Balaban J connectivity index is 1.73. The average molecular weight is 443 g/mol. The number of hydrogen-bond donors (Lipinski definition) is 1. The molecular formula is C27H38O5. The van der Waals surface area contributed by atoms with Gasteiger partial charge in [-0.05, 0) is 24.8 Å². The Bertz CT molecular complexity index is 864. The minimum Gasteiger partial charge on any atom is -0.396 e. The second-order valence-electron chi connectivity index (χ2n) is 11.1. The van der Waals surface area contributed by atoms with Gasteiger partial charge in [-0.1, -0.05) is 64.4 Å². The Morgan fingerprint density at radius 3 is 2.59 bits per heavy atom. The summed E-state index contributed by atoms with van der Waals surface area (Å²) in [6, 6.07) is 10.0. The summed E-state index contributed by atoms with van der Waals surface area (Å²) in [5, 5.41) is 10.3. The maximum Gasteiger partial charge on any atom is 0.169 e. The van der Waals surface area contributed by atoms with Gasteiger partial charge in [0.1, 0.15) is 11.4 Å². The molecule has 0 unspecified atom stereocenters. The van der Waals surface area contributed by atoms with Gasteiger partial charge in [0.2, 0.25) is 0 Å². The van der Waals surface area contributed by atoms with Crippen molar-refractivity contribution in [2.75, 3.05) is 13.2 Å². The van der Waals surface area contributed by atoms with Crippen molar-refractivity contribution >= 4 is 11.6 Å². The van der Waals surface area contributed by atoms with E-state index >= 15 is 0 Å². The Labute approximate surface area is 191 Å². The van der Waals surface area contributed by atoms with Gasteiger partial charge in [0.25, 0.3) is 0 Å². The van der Waals surface area contributed by atoms with Crippen molar-refractivity contribution in [3.8, 4) is 0 Å². The molecule has 0 amide bonds. The van der Waals surface area contributed by atoms with Crippen molar-refractivity contribution in [1.29, 1.82) is 0 Å². The van der Waals surface area contributed by atoms with Gasteiger partial charge in [0, 0.05) is 42.1 Å². The summed E-state index contributed by atoms with van der Waals surface area (Å²) in [6.07, 6.45) is 4.00. The molecule has 5 nitrogen and oxygen atoms in total. The first-order valence-corrected chi connectivity index (χ1v) is 12.1. The van der Waals surface area contributed by atoms with Crippen LogP contribution in [0.5, 0.6) is 0 Å². The van der Waals surface area contributed by atoms with E-state index in [1.807, 2.05) is 37.3 Å². The van der Waals surface area contributed by atoms with Gasteiger partial charge in [0.15, 0.2) is 5.78 Å². The fraction of sp³-hybridized carbons (Fsp3) is 0.704. The number of aliphatic hydroxyl groups excluding tert-OH is 1. The molecule has 1 N–H and O–H groups in total. The topological polar surface area (TPSA) is 72.8 Å². The van der Waals surface area contributed by atoms with Crippen molar-refractivity contribution in [3.05, 3.63) is 35.9 Å². The molecule has 32 heavy (non-hydrogen) atoms. The van der Waals surface area contributed by atoms with E-state index in [1.165, 1.54) is 0 Å². The van der Waals surface area contributed by atoms with E-state index < -0.39 is 22.5 Å². The molecular weight excluding hydrogens is 404 g/mol. The number of benzene rings is 1. The third kappa shape index (κ3) is 3.31. The van der Waals surface area contributed by atoms with Crippen LogP contribution in [-0.2, 0) is 25.7 Å². The average Bonchev–Trinajstić information content (AvgIpc) is 3.05. The van der Waals surface area contributed by atoms with Crippen LogP contribution in [0.1, 0.15) is 71.8 Å². The molecule has 2 bridgehead atoms. The number of ketones is 2. The summed E-state index contributed by atoms with van der Waals surface area (Å²) < 4.78 is 13.2. The quantitative estimate of drug-likeness (QED) is 0.642. The minimum absolute atomic E-state index is 0.0294. The Hall–Kier alpha value is -1.56. The molecule has 2 heterocycles. The maximum atomic E-state index is 14.2. The molecule has 1 spiro atoms. The predicted molar refractivity (Wildman–Crippen MR) is 122 cm³/mol. The first kappa shape index (κ1) is 23.6. The first-order chi connectivity index (χ1) is 15.2. The van der Waals surface area contributed by atoms with E-state index in [-0.39, 0.29) is 35.9 Å². The van der Waals surface area contributed by atoms with Crippen molar-refractivity contribution < 1.29 is 24.2 Å². The Morgan fingerprint density at radius 2 is 1.94 bits per heavy atom. The molecule has 3 aliphatic rings. The van der Waals surface area contributed by atoms with Gasteiger partial charge in [-0.15, -0.1) is 0 Å². The smallest absolute Gasteiger partial charge is 0.169 e. The highest BCUT2D eigenvalue weighted by molar-refractivity contribution is 5.96. The number of hydrogen-bond acceptors (Lipinski definition) is 5. The molecule has 5 heteroatoms. The Morgan fingerprint density at radius 1 is 1.22 bits per heavy atom. The van der Waals surface area contributed by atoms with Crippen LogP contribution in [0.15, 0.2) is 30.3 Å². The third-order valence-corrected chi connectivity index (χ3v) is 9.01. The predicted octanol–water partition coefficient (Wildman–Crippen LogP) is 4.49. The van der Waals surface area contributed by atoms with Gasteiger partial charge in [-0.2, -0.15) is 0 Å². The zero-order chi connectivity index (χ0) is 23.2. The number of ether oxygens (including phenoxy) is 2. The largest absolute Gasteiger partial charge is 0.396 e. The number of carbonyl (C=O) groups is 2. The number of fused-ring (bicyclic) bond motifs is 1. The monoisotopic (exact) mass is 442 g/mol. The standard InChI is InChI=1S/C27H38O5/c1-5-21(29)14-22-23(30)27-20(15-28)12-9-13-25(27,4)17-26(32-27,24(22,2)3)18-31-16-19-10-7-6-8-11-19/h6-8,10-11,20,22,28H,5,9,12-18H2,1-4H3/t20-,22+,25+,26+,27-/m1/s1. The summed E-state index contributed by atoms with van der Waals surface area (Å²) in [7, 11) is 0. The first-order valence-electron chi connectivity index (χ1n) is 12.1. The number of aliphatic hydroxyl groups is 1. The van der Waals surface area contributed by atoms with E-state index in [0.717, 1.165) is 24.8 Å². The lowest BCUT2D eigenvalue weighted by atomic mass is 9.56. The second kappa shape index (κ2) is 8.34. The van der Waals surface area contributed by atoms with Crippen LogP contribution in [0.25, 0.3) is 0 Å². The number of Topliss-reactive ketones (excluding diaryl/α,β-unsaturated/α-hetero) is 2. The molecule has 2 saturated heterocycles. The fourth-order valence-electron chi connectivity index (χ4n) is 6.95. The molecule has 3 fully saturated rings. The van der Waals surface area contributed by atoms with Crippen molar-refractivity contribution in [2.24, 2.45) is 22.7 Å². The fourth-order valence-corrected chi connectivity index (χ4v) is 6.95. The molecule has 176 valence electrons. The van der Waals surface area contributed by atoms with Gasteiger partial charge in [-0.25, -0.2) is 0 Å². The van der Waals surface area contributed by atoms with Crippen molar-refractivity contribution in [3.63, 3.8) is 0 Å². The van der Waals surface area contributed by atoms with Crippen LogP contribution >= 0.6 is 0 Å². The zero-order valence-electron chi connectivity index (χ0n) is 20.0. The molecule has 0 radical (unpaired) electrons. The van der Waals surface area contributed by atoms with Crippen LogP contribution in [-0.4, -0.2) is 41.1 Å². The summed E-state index contributed by atoms with van der Waals surface area (Å²) in [6.45, 7) is 8.93. The molecule has 4 rings (SSSR count). The zero-order valence-corrected chi connectivity index (χ0v) is 20.0. The van der Waals surface area contributed by atoms with E-state index in [1.54, 1.807) is 0 Å². The SMILES string of the molecule is CCC(=O)C[C@H]1C(=O)[C@@]23O[C@](COCc4ccccc4)(C[C@]2(C)CCC[C@@H]3CO)C1(C)C. The second-order valence-corrected chi connectivity index (χ2v) is 11.1. The highest BCUT2D eigenvalue weighted by Crippen LogP contribution is 2.70. The molecule has 1 aromatic carbocycles. The Kier molecular flexibility index (Phi) is 6.15. The number of rotatable bonds is 8. The van der Waals surface area contributed by atoms with E-state index in [0.29, 0.717) is 26.1 Å². The molecule has 1 saturated carbocycles. The van der Waals surface area contributed by atoms with Crippen LogP contribution in [0.3, 0.4) is 0 Å². The van der Waals surface area contributed by atoms with Crippen LogP contribution in [0, 0.1) is 22.7 Å². The summed E-state index contributed by atoms with van der Waals surface area (Å²) in [4.78, 5) is 26.8. The lowest BCUT2D eigenvalue weighted by Crippen LogP contribution is -2.68. The van der Waals surface area contributed by atoms with E-state index in [2.05, 4.69) is 20.8 Å². The van der Waals surface area contributed by atoms with Gasteiger partial charge in [-0.3, -0.25) is 9.59 Å². The molecule has 1 aromatic rings.